The van der Waals surface area contributed by atoms with E-state index in [1.807, 2.05) is 6.07 Å². The monoisotopic (exact) mass is 345 g/mol. The number of pyridine rings is 1. The molecule has 0 spiro atoms. The summed E-state index contributed by atoms with van der Waals surface area (Å²) in [7, 11) is 1.45. The Labute approximate surface area is 145 Å². The fourth-order valence-electron chi connectivity index (χ4n) is 2.60. The minimum Gasteiger partial charge on any atom is -0.495 e. The topological polar surface area (TPSA) is 78.5 Å². The first-order chi connectivity index (χ1) is 12.2. The van der Waals surface area contributed by atoms with Gasteiger partial charge in [-0.3, -0.25) is 0 Å². The van der Waals surface area contributed by atoms with Gasteiger partial charge in [0.1, 0.15) is 17.4 Å². The maximum Gasteiger partial charge on any atom is 0.323 e. The summed E-state index contributed by atoms with van der Waals surface area (Å²) >= 11 is 0. The van der Waals surface area contributed by atoms with Gasteiger partial charge >= 0.3 is 6.03 Å². The number of piperazine rings is 1. The summed E-state index contributed by atoms with van der Waals surface area (Å²) in [4.78, 5) is 18.7. The average molecular weight is 345 g/mol. The molecular formula is C17H20FN5O2. The molecule has 132 valence electrons. The van der Waals surface area contributed by atoms with Crippen molar-refractivity contribution in [1.82, 2.24) is 10.3 Å². The Kier molecular flexibility index (Phi) is 5.30. The number of nitrogens with zero attached hydrogens (tertiary/aromatic N) is 2. The van der Waals surface area contributed by atoms with Crippen molar-refractivity contribution < 1.29 is 13.9 Å². The third-order valence-electron chi connectivity index (χ3n) is 3.86. The summed E-state index contributed by atoms with van der Waals surface area (Å²) in [6.45, 7) is 3.67. The SMILES string of the molecule is COc1ccc(F)cc1NC(=O)Nc1ccc(N2CCNCC2)nc1. The van der Waals surface area contributed by atoms with Gasteiger partial charge in [-0.05, 0) is 24.3 Å². The molecule has 1 aliphatic rings. The van der Waals surface area contributed by atoms with Crippen molar-refractivity contribution in [1.29, 1.82) is 0 Å². The van der Waals surface area contributed by atoms with Crippen LogP contribution < -0.4 is 25.6 Å². The fraction of sp³-hybridized carbons (Fsp3) is 0.294. The number of nitrogens with one attached hydrogen (secondary N) is 3. The zero-order valence-corrected chi connectivity index (χ0v) is 13.9. The number of hydrogen-bond acceptors (Lipinski definition) is 5. The van der Waals surface area contributed by atoms with E-state index in [0.717, 1.165) is 32.0 Å². The molecule has 2 aromatic rings. The molecule has 1 aromatic carbocycles. The highest BCUT2D eigenvalue weighted by molar-refractivity contribution is 6.00. The van der Waals surface area contributed by atoms with Gasteiger partial charge in [0.25, 0.3) is 0 Å². The number of rotatable bonds is 4. The lowest BCUT2D eigenvalue weighted by Crippen LogP contribution is -2.43. The van der Waals surface area contributed by atoms with Crippen LogP contribution in [0.2, 0.25) is 0 Å². The number of anilines is 3. The van der Waals surface area contributed by atoms with E-state index < -0.39 is 11.8 Å². The van der Waals surface area contributed by atoms with E-state index in [1.165, 1.54) is 25.3 Å². The highest BCUT2D eigenvalue weighted by atomic mass is 19.1. The van der Waals surface area contributed by atoms with Crippen molar-refractivity contribution in [2.45, 2.75) is 0 Å². The van der Waals surface area contributed by atoms with Crippen molar-refractivity contribution in [2.75, 3.05) is 48.8 Å². The summed E-state index contributed by atoms with van der Waals surface area (Å²) in [5.41, 5.74) is 0.803. The fourth-order valence-corrected chi connectivity index (χ4v) is 2.60. The molecule has 3 N–H and O–H groups in total. The van der Waals surface area contributed by atoms with Gasteiger partial charge in [0.05, 0.1) is 24.7 Å². The third kappa shape index (κ3) is 4.36. The van der Waals surface area contributed by atoms with Gasteiger partial charge in [-0.25, -0.2) is 14.2 Å². The van der Waals surface area contributed by atoms with Crippen LogP contribution in [-0.4, -0.2) is 44.3 Å². The summed E-state index contributed by atoms with van der Waals surface area (Å²) < 4.78 is 18.4. The van der Waals surface area contributed by atoms with Crippen LogP contribution in [0.1, 0.15) is 0 Å². The van der Waals surface area contributed by atoms with Crippen LogP contribution in [0.4, 0.5) is 26.4 Å². The lowest BCUT2D eigenvalue weighted by atomic mass is 10.3. The molecule has 0 unspecified atom stereocenters. The van der Waals surface area contributed by atoms with Gasteiger partial charge in [0, 0.05) is 32.2 Å². The molecule has 1 aromatic heterocycles. The number of halogens is 1. The zero-order valence-electron chi connectivity index (χ0n) is 13.9. The van der Waals surface area contributed by atoms with Crippen molar-refractivity contribution in [3.05, 3.63) is 42.3 Å². The van der Waals surface area contributed by atoms with Crippen molar-refractivity contribution in [3.63, 3.8) is 0 Å². The smallest absolute Gasteiger partial charge is 0.323 e. The van der Waals surface area contributed by atoms with Crippen LogP contribution in [-0.2, 0) is 0 Å². The maximum atomic E-state index is 13.3. The second kappa shape index (κ2) is 7.80. The number of hydrogen-bond donors (Lipinski definition) is 3. The lowest BCUT2D eigenvalue weighted by Gasteiger charge is -2.28. The predicted octanol–water partition coefficient (Wildman–Crippen LogP) is 2.28. The molecule has 8 heteroatoms. The standard InChI is InChI=1S/C17H20FN5O2/c1-25-15-4-2-12(18)10-14(15)22-17(24)21-13-3-5-16(20-11-13)23-8-6-19-7-9-23/h2-5,10-11,19H,6-9H2,1H3,(H2,21,22,24). The summed E-state index contributed by atoms with van der Waals surface area (Å²) in [5.74, 6) is 0.793. The molecule has 1 aliphatic heterocycles. The molecular weight excluding hydrogens is 325 g/mol. The maximum absolute atomic E-state index is 13.3. The van der Waals surface area contributed by atoms with Gasteiger partial charge in [-0.2, -0.15) is 0 Å². The van der Waals surface area contributed by atoms with E-state index >= 15 is 0 Å². The molecule has 1 fully saturated rings. The highest BCUT2D eigenvalue weighted by Crippen LogP contribution is 2.25. The molecule has 0 saturated carbocycles. The van der Waals surface area contributed by atoms with Gasteiger partial charge in [-0.1, -0.05) is 0 Å². The normalized spacial score (nSPS) is 14.1. The van der Waals surface area contributed by atoms with Gasteiger partial charge in [0.2, 0.25) is 0 Å². The van der Waals surface area contributed by atoms with E-state index in [-0.39, 0.29) is 5.69 Å². The number of methoxy groups -OCH3 is 1. The van der Waals surface area contributed by atoms with Gasteiger partial charge in [-0.15, -0.1) is 0 Å². The number of amides is 2. The minimum absolute atomic E-state index is 0.255. The molecule has 2 amide bonds. The second-order valence-electron chi connectivity index (χ2n) is 5.57. The van der Waals surface area contributed by atoms with Crippen LogP contribution in [0.15, 0.2) is 36.5 Å². The molecule has 25 heavy (non-hydrogen) atoms. The Balaban J connectivity index is 1.62. The Bertz CT molecular complexity index is 732. The van der Waals surface area contributed by atoms with Crippen LogP contribution in [0, 0.1) is 5.82 Å². The Hall–Kier alpha value is -2.87. The molecule has 0 aliphatic carbocycles. The molecule has 0 atom stereocenters. The van der Waals surface area contributed by atoms with Crippen molar-refractivity contribution in [3.8, 4) is 5.75 Å². The number of ether oxygens (including phenoxy) is 1. The molecule has 2 heterocycles. The number of aromatic nitrogens is 1. The number of carbonyl (C=O) groups is 1. The first kappa shape index (κ1) is 17.0. The first-order valence-corrected chi connectivity index (χ1v) is 7.99. The van der Waals surface area contributed by atoms with E-state index in [9.17, 15) is 9.18 Å². The van der Waals surface area contributed by atoms with E-state index in [4.69, 9.17) is 4.74 Å². The molecule has 3 rings (SSSR count). The molecule has 0 radical (unpaired) electrons. The summed E-state index contributed by atoms with van der Waals surface area (Å²) in [6, 6.07) is 7.07. The van der Waals surface area contributed by atoms with Crippen LogP contribution in [0.3, 0.4) is 0 Å². The van der Waals surface area contributed by atoms with Gasteiger partial charge in [0.15, 0.2) is 0 Å². The van der Waals surface area contributed by atoms with E-state index in [1.54, 1.807) is 12.3 Å². The predicted molar refractivity (Wildman–Crippen MR) is 94.9 cm³/mol. The average Bonchev–Trinajstić information content (AvgIpc) is 2.63. The quantitative estimate of drug-likeness (QED) is 0.792. The Morgan fingerprint density at radius 3 is 2.72 bits per heavy atom. The minimum atomic E-state index is -0.499. The van der Waals surface area contributed by atoms with Gasteiger partial charge < -0.3 is 25.6 Å². The first-order valence-electron chi connectivity index (χ1n) is 7.99. The van der Waals surface area contributed by atoms with Crippen molar-refractivity contribution in [2.24, 2.45) is 0 Å². The summed E-state index contributed by atoms with van der Waals surface area (Å²) in [5, 5.41) is 8.52. The Morgan fingerprint density at radius 2 is 2.04 bits per heavy atom. The molecule has 7 nitrogen and oxygen atoms in total. The number of urea groups is 1. The summed E-state index contributed by atoms with van der Waals surface area (Å²) in [6.07, 6.45) is 1.60. The Morgan fingerprint density at radius 1 is 1.24 bits per heavy atom. The highest BCUT2D eigenvalue weighted by Gasteiger charge is 2.12. The molecule has 0 bridgehead atoms. The zero-order chi connectivity index (χ0) is 17.6. The van der Waals surface area contributed by atoms with Crippen LogP contribution >= 0.6 is 0 Å². The largest absolute Gasteiger partial charge is 0.495 e. The lowest BCUT2D eigenvalue weighted by molar-refractivity contribution is 0.262. The van der Waals surface area contributed by atoms with Crippen LogP contribution in [0.25, 0.3) is 0 Å². The third-order valence-corrected chi connectivity index (χ3v) is 3.86. The molecule has 1 saturated heterocycles. The van der Waals surface area contributed by atoms with E-state index in [2.05, 4.69) is 25.8 Å². The number of carbonyl (C=O) groups excluding carboxylic acids is 1. The van der Waals surface area contributed by atoms with E-state index in [0.29, 0.717) is 11.4 Å². The second-order valence-corrected chi connectivity index (χ2v) is 5.57. The van der Waals surface area contributed by atoms with Crippen molar-refractivity contribution >= 4 is 23.2 Å². The number of benzene rings is 1. The van der Waals surface area contributed by atoms with Crippen LogP contribution in [0.5, 0.6) is 5.75 Å².